The first kappa shape index (κ1) is 24.9. The van der Waals surface area contributed by atoms with Gasteiger partial charge in [0.1, 0.15) is 12.2 Å². The SMILES string of the molecule is C=CN(/N=C\N)c1ccc(CN(C)C)cc1-c1nc2cc(-c3cnc(N)nc3)ccc2n1C(C)(C)C. The number of nitrogen functional groups attached to an aromatic ring is 1. The normalized spacial score (nSPS) is 12.1. The van der Waals surface area contributed by atoms with Gasteiger partial charge in [-0.1, -0.05) is 18.7 Å². The Morgan fingerprint density at radius 2 is 1.78 bits per heavy atom. The summed E-state index contributed by atoms with van der Waals surface area (Å²) in [4.78, 5) is 15.6. The number of hydrogen-bond acceptors (Lipinski definition) is 7. The largest absolute Gasteiger partial charge is 0.388 e. The molecule has 0 spiro atoms. The standard InChI is InChI=1S/C27H33N9/c1-7-35(32-17-28)23-10-8-18(16-34(5)6)12-21(23)25-33-22-13-19(20-14-30-26(29)31-15-20)9-11-24(22)36(25)27(2,3)4/h7-15,17H,1,16H2,2-6H3,(H2,28,32)(H2,29,30,31). The molecule has 9 heteroatoms. The number of imidazole rings is 1. The van der Waals surface area contributed by atoms with Gasteiger partial charge in [-0.3, -0.25) is 0 Å². The van der Waals surface area contributed by atoms with Gasteiger partial charge in [0, 0.05) is 41.8 Å². The molecule has 4 rings (SSSR count). The third-order valence-corrected chi connectivity index (χ3v) is 5.74. The molecular weight excluding hydrogens is 450 g/mol. The second kappa shape index (κ2) is 9.79. The van der Waals surface area contributed by atoms with Crippen LogP contribution in [0.3, 0.4) is 0 Å². The summed E-state index contributed by atoms with van der Waals surface area (Å²) in [6, 6.07) is 12.5. The van der Waals surface area contributed by atoms with Gasteiger partial charge < -0.3 is 20.9 Å². The number of fused-ring (bicyclic) bond motifs is 1. The Hall–Kier alpha value is -4.24. The number of hydrogen-bond donors (Lipinski definition) is 2. The van der Waals surface area contributed by atoms with Crippen molar-refractivity contribution in [2.24, 2.45) is 10.8 Å². The molecule has 2 aromatic carbocycles. The molecule has 0 radical (unpaired) electrons. The van der Waals surface area contributed by atoms with Crippen LogP contribution in [0.2, 0.25) is 0 Å². The Kier molecular flexibility index (Phi) is 6.76. The number of hydrazone groups is 1. The Morgan fingerprint density at radius 1 is 1.06 bits per heavy atom. The van der Waals surface area contributed by atoms with Crippen molar-refractivity contribution < 1.29 is 0 Å². The molecule has 4 aromatic rings. The predicted molar refractivity (Wildman–Crippen MR) is 148 cm³/mol. The van der Waals surface area contributed by atoms with Gasteiger partial charge >= 0.3 is 0 Å². The van der Waals surface area contributed by atoms with E-state index in [0.717, 1.165) is 51.3 Å². The molecule has 0 saturated heterocycles. The summed E-state index contributed by atoms with van der Waals surface area (Å²) >= 11 is 0. The Balaban J connectivity index is 1.99. The molecule has 0 aliphatic carbocycles. The van der Waals surface area contributed by atoms with Crippen molar-refractivity contribution in [1.82, 2.24) is 24.4 Å². The van der Waals surface area contributed by atoms with Crippen LogP contribution in [-0.4, -0.2) is 44.9 Å². The maximum atomic E-state index is 5.67. The third kappa shape index (κ3) is 4.92. The van der Waals surface area contributed by atoms with Gasteiger partial charge in [0.15, 0.2) is 0 Å². The topological polar surface area (TPSA) is 114 Å². The maximum Gasteiger partial charge on any atom is 0.219 e. The van der Waals surface area contributed by atoms with E-state index in [-0.39, 0.29) is 11.5 Å². The average molecular weight is 484 g/mol. The van der Waals surface area contributed by atoms with Crippen LogP contribution in [-0.2, 0) is 12.1 Å². The number of benzene rings is 2. The highest BCUT2D eigenvalue weighted by Crippen LogP contribution is 2.38. The van der Waals surface area contributed by atoms with Crippen LogP contribution in [0.25, 0.3) is 33.5 Å². The van der Waals surface area contributed by atoms with Crippen LogP contribution >= 0.6 is 0 Å². The van der Waals surface area contributed by atoms with E-state index in [9.17, 15) is 0 Å². The fourth-order valence-electron chi connectivity index (χ4n) is 4.31. The average Bonchev–Trinajstić information content (AvgIpc) is 3.22. The van der Waals surface area contributed by atoms with Gasteiger partial charge in [-0.25, -0.2) is 20.0 Å². The lowest BCUT2D eigenvalue weighted by atomic mass is 10.0. The van der Waals surface area contributed by atoms with Gasteiger partial charge in [0.05, 0.1) is 16.7 Å². The summed E-state index contributed by atoms with van der Waals surface area (Å²) in [6.07, 6.45) is 6.34. The van der Waals surface area contributed by atoms with E-state index >= 15 is 0 Å². The molecule has 4 N–H and O–H groups in total. The van der Waals surface area contributed by atoms with E-state index in [4.69, 9.17) is 16.5 Å². The highest BCUT2D eigenvalue weighted by Gasteiger charge is 2.25. The van der Waals surface area contributed by atoms with Crippen LogP contribution in [0.5, 0.6) is 0 Å². The predicted octanol–water partition coefficient (Wildman–Crippen LogP) is 4.41. The van der Waals surface area contributed by atoms with Crippen molar-refractivity contribution in [3.63, 3.8) is 0 Å². The van der Waals surface area contributed by atoms with Crippen molar-refractivity contribution in [2.45, 2.75) is 32.9 Å². The van der Waals surface area contributed by atoms with Crippen LogP contribution < -0.4 is 16.5 Å². The summed E-state index contributed by atoms with van der Waals surface area (Å²) in [5, 5.41) is 5.96. The number of nitrogens with two attached hydrogens (primary N) is 2. The summed E-state index contributed by atoms with van der Waals surface area (Å²) in [6.45, 7) is 11.2. The minimum atomic E-state index is -0.249. The van der Waals surface area contributed by atoms with Crippen molar-refractivity contribution in [1.29, 1.82) is 0 Å². The van der Waals surface area contributed by atoms with Crippen molar-refractivity contribution in [3.8, 4) is 22.5 Å². The lowest BCUT2D eigenvalue weighted by Crippen LogP contribution is -2.23. The molecule has 0 aliphatic heterocycles. The first-order valence-electron chi connectivity index (χ1n) is 11.7. The molecular formula is C27H33N9. The molecule has 0 atom stereocenters. The van der Waals surface area contributed by atoms with Crippen LogP contribution in [0.1, 0.15) is 26.3 Å². The van der Waals surface area contributed by atoms with Gasteiger partial charge in [-0.05, 0) is 70.3 Å². The molecule has 0 fully saturated rings. The zero-order chi connectivity index (χ0) is 26.0. The summed E-state index contributed by atoms with van der Waals surface area (Å²) in [5.41, 5.74) is 17.7. The molecule has 36 heavy (non-hydrogen) atoms. The quantitative estimate of drug-likeness (QED) is 0.227. The first-order valence-corrected chi connectivity index (χ1v) is 11.7. The minimum Gasteiger partial charge on any atom is -0.388 e. The second-order valence-electron chi connectivity index (χ2n) is 9.86. The van der Waals surface area contributed by atoms with Gasteiger partial charge in [0.25, 0.3) is 0 Å². The number of nitrogens with zero attached hydrogens (tertiary/aromatic N) is 7. The second-order valence-corrected chi connectivity index (χ2v) is 9.86. The summed E-state index contributed by atoms with van der Waals surface area (Å²) < 4.78 is 2.26. The van der Waals surface area contributed by atoms with E-state index in [2.05, 4.69) is 96.3 Å². The zero-order valence-electron chi connectivity index (χ0n) is 21.5. The molecule has 0 amide bonds. The van der Waals surface area contributed by atoms with E-state index in [1.54, 1.807) is 23.6 Å². The van der Waals surface area contributed by atoms with Crippen LogP contribution in [0, 0.1) is 0 Å². The Morgan fingerprint density at radius 3 is 2.39 bits per heavy atom. The van der Waals surface area contributed by atoms with Crippen LogP contribution in [0.15, 0.2) is 66.7 Å². The van der Waals surface area contributed by atoms with Gasteiger partial charge in [-0.2, -0.15) is 5.10 Å². The fraction of sp³-hybridized carbons (Fsp3) is 0.259. The highest BCUT2D eigenvalue weighted by molar-refractivity contribution is 5.88. The Bertz CT molecular complexity index is 1410. The first-order chi connectivity index (χ1) is 17.1. The monoisotopic (exact) mass is 483 g/mol. The maximum absolute atomic E-state index is 5.67. The molecule has 2 heterocycles. The lowest BCUT2D eigenvalue weighted by Gasteiger charge is -2.27. The summed E-state index contributed by atoms with van der Waals surface area (Å²) in [7, 11) is 4.10. The van der Waals surface area contributed by atoms with Gasteiger partial charge in [-0.15, -0.1) is 0 Å². The smallest absolute Gasteiger partial charge is 0.219 e. The molecule has 0 aliphatic rings. The number of aromatic nitrogens is 4. The summed E-state index contributed by atoms with van der Waals surface area (Å²) in [5.74, 6) is 1.08. The number of rotatable bonds is 7. The van der Waals surface area contributed by atoms with Crippen molar-refractivity contribution in [3.05, 3.63) is 67.1 Å². The minimum absolute atomic E-state index is 0.246. The van der Waals surface area contributed by atoms with Crippen molar-refractivity contribution in [2.75, 3.05) is 24.8 Å². The molecule has 186 valence electrons. The van der Waals surface area contributed by atoms with E-state index in [1.165, 1.54) is 6.34 Å². The molecule has 0 bridgehead atoms. The van der Waals surface area contributed by atoms with E-state index in [0.29, 0.717) is 0 Å². The van der Waals surface area contributed by atoms with Crippen LogP contribution in [0.4, 0.5) is 11.6 Å². The highest BCUT2D eigenvalue weighted by atomic mass is 15.4. The molecule has 2 aromatic heterocycles. The fourth-order valence-corrected chi connectivity index (χ4v) is 4.31. The van der Waals surface area contributed by atoms with Crippen molar-refractivity contribution >= 4 is 29.0 Å². The molecule has 9 nitrogen and oxygen atoms in total. The third-order valence-electron chi connectivity index (χ3n) is 5.74. The lowest BCUT2D eigenvalue weighted by molar-refractivity contribution is 0.402. The Labute approximate surface area is 211 Å². The van der Waals surface area contributed by atoms with Gasteiger partial charge in [0.2, 0.25) is 5.95 Å². The molecule has 0 saturated carbocycles. The molecule has 0 unspecified atom stereocenters. The van der Waals surface area contributed by atoms with E-state index < -0.39 is 0 Å². The number of anilines is 2. The van der Waals surface area contributed by atoms with E-state index in [1.807, 2.05) is 6.07 Å². The zero-order valence-corrected chi connectivity index (χ0v) is 21.5.